The average Bonchev–Trinajstić information content (AvgIpc) is 2.65. The van der Waals surface area contributed by atoms with Crippen molar-refractivity contribution in [2.24, 2.45) is 0 Å². The van der Waals surface area contributed by atoms with Gasteiger partial charge in [0.25, 0.3) is 0 Å². The summed E-state index contributed by atoms with van der Waals surface area (Å²) < 4.78 is 0. The molecule has 1 atom stereocenters. The van der Waals surface area contributed by atoms with Crippen LogP contribution in [0.1, 0.15) is 17.2 Å². The molecule has 24 heavy (non-hydrogen) atoms. The Bertz CT molecular complexity index is 856. The molecule has 3 heteroatoms. The molecule has 0 bridgehead atoms. The van der Waals surface area contributed by atoms with E-state index in [4.69, 9.17) is 0 Å². The third kappa shape index (κ3) is 3.89. The van der Waals surface area contributed by atoms with Crippen molar-refractivity contribution >= 4 is 22.8 Å². The minimum atomic E-state index is -0.428. The van der Waals surface area contributed by atoms with Crippen LogP contribution in [-0.4, -0.2) is 17.6 Å². The maximum Gasteiger partial charge on any atom is 0.244 e. The van der Waals surface area contributed by atoms with Crippen LogP contribution in [0.3, 0.4) is 0 Å². The fraction of sp³-hybridized carbons (Fsp3) is 0.0952. The van der Waals surface area contributed by atoms with Gasteiger partial charge in [0, 0.05) is 6.08 Å². The number of amides is 1. The van der Waals surface area contributed by atoms with E-state index in [1.165, 1.54) is 6.08 Å². The van der Waals surface area contributed by atoms with Crippen LogP contribution in [0.4, 0.5) is 0 Å². The molecule has 0 unspecified atom stereocenters. The van der Waals surface area contributed by atoms with E-state index in [2.05, 4.69) is 5.32 Å². The maximum absolute atomic E-state index is 12.1. The van der Waals surface area contributed by atoms with Crippen LogP contribution in [0.5, 0.6) is 0 Å². The number of nitrogens with one attached hydrogen (secondary N) is 1. The number of fused-ring (bicyclic) bond motifs is 1. The molecular formula is C21H19NO2. The second-order valence-electron chi connectivity index (χ2n) is 5.59. The number of hydrogen-bond donors (Lipinski definition) is 2. The van der Waals surface area contributed by atoms with E-state index < -0.39 is 6.04 Å². The van der Waals surface area contributed by atoms with Gasteiger partial charge in [-0.3, -0.25) is 4.79 Å². The van der Waals surface area contributed by atoms with Crippen LogP contribution in [-0.2, 0) is 4.79 Å². The van der Waals surface area contributed by atoms with Gasteiger partial charge in [-0.05, 0) is 34.0 Å². The summed E-state index contributed by atoms with van der Waals surface area (Å²) in [5.41, 5.74) is 1.84. The molecule has 0 fully saturated rings. The molecular weight excluding hydrogens is 298 g/mol. The van der Waals surface area contributed by atoms with Crippen molar-refractivity contribution in [2.75, 3.05) is 6.61 Å². The zero-order chi connectivity index (χ0) is 16.8. The Morgan fingerprint density at radius 1 is 0.958 bits per heavy atom. The van der Waals surface area contributed by atoms with Crippen LogP contribution in [0.2, 0.25) is 0 Å². The minimum Gasteiger partial charge on any atom is -0.394 e. The third-order valence-corrected chi connectivity index (χ3v) is 3.90. The van der Waals surface area contributed by atoms with Crippen molar-refractivity contribution in [1.82, 2.24) is 5.32 Å². The van der Waals surface area contributed by atoms with Crippen molar-refractivity contribution in [3.63, 3.8) is 0 Å². The molecule has 0 spiro atoms. The van der Waals surface area contributed by atoms with Gasteiger partial charge in [-0.1, -0.05) is 66.7 Å². The summed E-state index contributed by atoms with van der Waals surface area (Å²) in [5, 5.41) is 14.7. The predicted octanol–water partition coefficient (Wildman–Crippen LogP) is 3.70. The summed E-state index contributed by atoms with van der Waals surface area (Å²) >= 11 is 0. The van der Waals surface area contributed by atoms with Gasteiger partial charge in [0.05, 0.1) is 12.6 Å². The third-order valence-electron chi connectivity index (χ3n) is 3.90. The SMILES string of the molecule is O=C(C=Cc1ccccc1)N[C@@H](CO)c1ccc2ccccc2c1. The molecule has 3 nitrogen and oxygen atoms in total. The average molecular weight is 317 g/mol. The zero-order valence-electron chi connectivity index (χ0n) is 13.2. The molecule has 0 aliphatic heterocycles. The highest BCUT2D eigenvalue weighted by Crippen LogP contribution is 2.20. The standard InChI is InChI=1S/C21H19NO2/c23-15-20(19-12-11-17-8-4-5-9-18(17)14-19)22-21(24)13-10-16-6-2-1-3-7-16/h1-14,20,23H,15H2,(H,22,24)/t20-/m0/s1. The van der Waals surface area contributed by atoms with Gasteiger partial charge in [0.2, 0.25) is 5.91 Å². The number of aliphatic hydroxyl groups excluding tert-OH is 1. The summed E-state index contributed by atoms with van der Waals surface area (Å²) in [4.78, 5) is 12.1. The van der Waals surface area contributed by atoms with Crippen molar-refractivity contribution in [3.8, 4) is 0 Å². The quantitative estimate of drug-likeness (QED) is 0.705. The molecule has 3 aromatic rings. The van der Waals surface area contributed by atoms with Gasteiger partial charge in [-0.25, -0.2) is 0 Å². The zero-order valence-corrected chi connectivity index (χ0v) is 13.2. The topological polar surface area (TPSA) is 49.3 Å². The Morgan fingerprint density at radius 2 is 1.67 bits per heavy atom. The lowest BCUT2D eigenvalue weighted by molar-refractivity contribution is -0.117. The molecule has 0 saturated carbocycles. The molecule has 0 aliphatic rings. The predicted molar refractivity (Wildman–Crippen MR) is 97.4 cm³/mol. The first-order valence-electron chi connectivity index (χ1n) is 7.89. The smallest absolute Gasteiger partial charge is 0.244 e. The number of carbonyl (C=O) groups excluding carboxylic acids is 1. The highest BCUT2D eigenvalue weighted by atomic mass is 16.3. The first kappa shape index (κ1) is 16.0. The summed E-state index contributed by atoms with van der Waals surface area (Å²) in [5.74, 6) is -0.230. The van der Waals surface area contributed by atoms with Crippen molar-refractivity contribution < 1.29 is 9.90 Å². The highest BCUT2D eigenvalue weighted by molar-refractivity contribution is 5.92. The van der Waals surface area contributed by atoms with Gasteiger partial charge in [-0.2, -0.15) is 0 Å². The Hall–Kier alpha value is -2.91. The molecule has 0 aromatic heterocycles. The number of benzene rings is 3. The van der Waals surface area contributed by atoms with E-state index >= 15 is 0 Å². The lowest BCUT2D eigenvalue weighted by Gasteiger charge is -2.16. The maximum atomic E-state index is 12.1. The fourth-order valence-corrected chi connectivity index (χ4v) is 2.61. The van der Waals surface area contributed by atoms with Crippen LogP contribution in [0.15, 0.2) is 78.9 Å². The lowest BCUT2D eigenvalue weighted by atomic mass is 10.0. The van der Waals surface area contributed by atoms with Gasteiger partial charge in [-0.15, -0.1) is 0 Å². The van der Waals surface area contributed by atoms with Gasteiger partial charge >= 0.3 is 0 Å². The highest BCUT2D eigenvalue weighted by Gasteiger charge is 2.12. The summed E-state index contributed by atoms with van der Waals surface area (Å²) in [7, 11) is 0. The second kappa shape index (κ2) is 7.57. The fourth-order valence-electron chi connectivity index (χ4n) is 2.61. The van der Waals surface area contributed by atoms with Gasteiger partial charge < -0.3 is 10.4 Å². The van der Waals surface area contributed by atoms with E-state index in [9.17, 15) is 9.90 Å². The van der Waals surface area contributed by atoms with Crippen LogP contribution < -0.4 is 5.32 Å². The molecule has 0 aliphatic carbocycles. The Kier molecular flexibility index (Phi) is 5.04. The first-order valence-corrected chi connectivity index (χ1v) is 7.89. The Labute approximate surface area is 141 Å². The molecule has 3 rings (SSSR count). The van der Waals surface area contributed by atoms with Crippen LogP contribution in [0, 0.1) is 0 Å². The summed E-state index contributed by atoms with van der Waals surface area (Å²) in [6.45, 7) is -0.150. The first-order chi connectivity index (χ1) is 11.8. The summed E-state index contributed by atoms with van der Waals surface area (Å²) in [6.07, 6.45) is 3.24. The number of carbonyl (C=O) groups is 1. The van der Waals surface area contributed by atoms with E-state index in [-0.39, 0.29) is 12.5 Å². The van der Waals surface area contributed by atoms with Gasteiger partial charge in [0.1, 0.15) is 0 Å². The molecule has 1 amide bonds. The number of aliphatic hydroxyl groups is 1. The normalized spacial score (nSPS) is 12.4. The molecule has 0 heterocycles. The Balaban J connectivity index is 1.73. The largest absolute Gasteiger partial charge is 0.394 e. The lowest BCUT2D eigenvalue weighted by Crippen LogP contribution is -2.29. The Morgan fingerprint density at radius 3 is 2.42 bits per heavy atom. The van der Waals surface area contributed by atoms with E-state index in [1.807, 2.05) is 72.8 Å². The molecule has 120 valence electrons. The monoisotopic (exact) mass is 317 g/mol. The number of hydrogen-bond acceptors (Lipinski definition) is 2. The molecule has 0 saturated heterocycles. The minimum absolute atomic E-state index is 0.150. The van der Waals surface area contributed by atoms with E-state index in [1.54, 1.807) is 6.08 Å². The van der Waals surface area contributed by atoms with Crippen LogP contribution >= 0.6 is 0 Å². The van der Waals surface area contributed by atoms with Crippen LogP contribution in [0.25, 0.3) is 16.8 Å². The van der Waals surface area contributed by atoms with E-state index in [0.717, 1.165) is 21.9 Å². The second-order valence-corrected chi connectivity index (χ2v) is 5.59. The van der Waals surface area contributed by atoms with E-state index in [0.29, 0.717) is 0 Å². The molecule has 2 N–H and O–H groups in total. The summed E-state index contributed by atoms with van der Waals surface area (Å²) in [6, 6.07) is 23.1. The molecule has 0 radical (unpaired) electrons. The number of rotatable bonds is 5. The van der Waals surface area contributed by atoms with Crippen molar-refractivity contribution in [3.05, 3.63) is 90.0 Å². The van der Waals surface area contributed by atoms with Crippen molar-refractivity contribution in [2.45, 2.75) is 6.04 Å². The van der Waals surface area contributed by atoms with Crippen molar-refractivity contribution in [1.29, 1.82) is 0 Å². The molecule has 3 aromatic carbocycles. The van der Waals surface area contributed by atoms with Gasteiger partial charge in [0.15, 0.2) is 0 Å².